The number of aryl methyl sites for hydroxylation is 1. The molecular weight excluding hydrogens is 318 g/mol. The van der Waals surface area contributed by atoms with Gasteiger partial charge in [-0.15, -0.1) is 0 Å². The number of benzene rings is 1. The Morgan fingerprint density at radius 3 is 2.83 bits per heavy atom. The number of aliphatic hydroxyl groups is 1. The third-order valence-corrected chi connectivity index (χ3v) is 3.51. The molecule has 130 valence electrons. The lowest BCUT2D eigenvalue weighted by Gasteiger charge is -2.24. The molecule has 1 atom stereocenters. The zero-order chi connectivity index (χ0) is 17.6. The molecule has 0 aliphatic heterocycles. The number of amides is 2. The van der Waals surface area contributed by atoms with Crippen LogP contribution in [-0.4, -0.2) is 34.0 Å². The maximum Gasteiger partial charge on any atom is 0.314 e. The van der Waals surface area contributed by atoms with Crippen molar-refractivity contribution < 1.29 is 18.7 Å². The number of urea groups is 1. The normalized spacial score (nSPS) is 13.3. The summed E-state index contributed by atoms with van der Waals surface area (Å²) in [6, 6.07) is 4.25. The van der Waals surface area contributed by atoms with Crippen molar-refractivity contribution in [2.75, 3.05) is 13.1 Å². The van der Waals surface area contributed by atoms with Gasteiger partial charge in [0, 0.05) is 37.1 Å². The smallest absolute Gasteiger partial charge is 0.314 e. The number of nitrogens with one attached hydrogen (secondary N) is 2. The van der Waals surface area contributed by atoms with Crippen molar-refractivity contribution in [1.82, 2.24) is 20.4 Å². The summed E-state index contributed by atoms with van der Waals surface area (Å²) in [7, 11) is 0. The summed E-state index contributed by atoms with van der Waals surface area (Å²) in [5, 5.41) is 19.4. The van der Waals surface area contributed by atoms with Crippen LogP contribution in [0.25, 0.3) is 0 Å². The summed E-state index contributed by atoms with van der Waals surface area (Å²) in [6.45, 7) is 2.24. The van der Waals surface area contributed by atoms with Gasteiger partial charge in [-0.2, -0.15) is 5.10 Å². The summed E-state index contributed by atoms with van der Waals surface area (Å²) in [6.07, 6.45) is 4.20. The predicted molar refractivity (Wildman–Crippen MR) is 84.2 cm³/mol. The number of carbonyl (C=O) groups excluding carboxylic acids is 1. The molecule has 6 nitrogen and oxygen atoms in total. The van der Waals surface area contributed by atoms with Gasteiger partial charge in [-0.3, -0.25) is 4.68 Å². The fourth-order valence-electron chi connectivity index (χ4n) is 2.21. The van der Waals surface area contributed by atoms with Crippen LogP contribution in [0.2, 0.25) is 0 Å². The van der Waals surface area contributed by atoms with E-state index in [-0.39, 0.29) is 12.1 Å². The second-order valence-electron chi connectivity index (χ2n) is 5.63. The lowest BCUT2D eigenvalue weighted by Crippen LogP contribution is -2.44. The average molecular weight is 338 g/mol. The molecule has 0 aliphatic carbocycles. The minimum absolute atomic E-state index is 0.0807. The largest absolute Gasteiger partial charge is 0.383 e. The third kappa shape index (κ3) is 5.02. The second-order valence-corrected chi connectivity index (χ2v) is 5.63. The van der Waals surface area contributed by atoms with Crippen LogP contribution in [0.15, 0.2) is 36.7 Å². The minimum Gasteiger partial charge on any atom is -0.383 e. The van der Waals surface area contributed by atoms with E-state index < -0.39 is 23.3 Å². The van der Waals surface area contributed by atoms with E-state index in [2.05, 4.69) is 15.7 Å². The van der Waals surface area contributed by atoms with Crippen LogP contribution in [0, 0.1) is 11.6 Å². The molecule has 8 heteroatoms. The van der Waals surface area contributed by atoms with Crippen LogP contribution < -0.4 is 10.6 Å². The fraction of sp³-hybridized carbons (Fsp3) is 0.375. The topological polar surface area (TPSA) is 79.2 Å². The van der Waals surface area contributed by atoms with E-state index in [1.807, 2.05) is 12.3 Å². The molecule has 0 spiro atoms. The Hall–Kier alpha value is -2.48. The molecule has 3 N–H and O–H groups in total. The van der Waals surface area contributed by atoms with E-state index in [0.717, 1.165) is 12.1 Å². The lowest BCUT2D eigenvalue weighted by atomic mass is 9.95. The molecular formula is C16H20F2N4O2. The Kier molecular flexibility index (Phi) is 5.86. The molecule has 0 radical (unpaired) electrons. The summed E-state index contributed by atoms with van der Waals surface area (Å²) >= 11 is 0. The quantitative estimate of drug-likeness (QED) is 0.673. The van der Waals surface area contributed by atoms with Crippen LogP contribution >= 0.6 is 0 Å². The van der Waals surface area contributed by atoms with Crippen molar-refractivity contribution in [2.24, 2.45) is 0 Å². The van der Waals surface area contributed by atoms with Gasteiger partial charge in [-0.1, -0.05) is 6.07 Å². The van der Waals surface area contributed by atoms with Crippen LogP contribution in [0.1, 0.15) is 18.9 Å². The highest BCUT2D eigenvalue weighted by molar-refractivity contribution is 5.73. The summed E-state index contributed by atoms with van der Waals surface area (Å²) < 4.78 is 28.4. The zero-order valence-electron chi connectivity index (χ0n) is 13.3. The number of hydrogen-bond acceptors (Lipinski definition) is 3. The van der Waals surface area contributed by atoms with Gasteiger partial charge in [0.1, 0.15) is 17.2 Å². The van der Waals surface area contributed by atoms with E-state index in [4.69, 9.17) is 0 Å². The molecule has 0 saturated heterocycles. The van der Waals surface area contributed by atoms with Crippen molar-refractivity contribution in [3.63, 3.8) is 0 Å². The molecule has 2 aromatic rings. The molecule has 2 rings (SSSR count). The molecule has 0 aliphatic rings. The molecule has 1 aromatic heterocycles. The monoisotopic (exact) mass is 338 g/mol. The van der Waals surface area contributed by atoms with Crippen molar-refractivity contribution in [3.05, 3.63) is 53.9 Å². The summed E-state index contributed by atoms with van der Waals surface area (Å²) in [4.78, 5) is 11.7. The first-order valence-corrected chi connectivity index (χ1v) is 7.55. The molecule has 1 heterocycles. The first kappa shape index (κ1) is 17.9. The number of rotatable bonds is 7. The SMILES string of the molecule is CC(O)(CNC(=O)NCCCn1cccn1)c1ccc(F)cc1F. The molecule has 0 saturated carbocycles. The Morgan fingerprint density at radius 1 is 1.38 bits per heavy atom. The molecule has 1 aromatic carbocycles. The van der Waals surface area contributed by atoms with Gasteiger partial charge in [0.15, 0.2) is 0 Å². The van der Waals surface area contributed by atoms with E-state index >= 15 is 0 Å². The lowest BCUT2D eigenvalue weighted by molar-refractivity contribution is 0.0555. The van der Waals surface area contributed by atoms with Crippen LogP contribution in [0.4, 0.5) is 13.6 Å². The maximum absolute atomic E-state index is 13.7. The number of halogens is 2. The van der Waals surface area contributed by atoms with E-state index in [9.17, 15) is 18.7 Å². The summed E-state index contributed by atoms with van der Waals surface area (Å²) in [5.41, 5.74) is -1.73. The van der Waals surface area contributed by atoms with Crippen molar-refractivity contribution in [2.45, 2.75) is 25.5 Å². The fourth-order valence-corrected chi connectivity index (χ4v) is 2.21. The molecule has 0 bridgehead atoms. The Balaban J connectivity index is 1.75. The Morgan fingerprint density at radius 2 is 2.17 bits per heavy atom. The van der Waals surface area contributed by atoms with E-state index in [1.165, 1.54) is 6.92 Å². The first-order chi connectivity index (χ1) is 11.4. The van der Waals surface area contributed by atoms with Crippen molar-refractivity contribution in [3.8, 4) is 0 Å². The first-order valence-electron chi connectivity index (χ1n) is 7.55. The van der Waals surface area contributed by atoms with E-state index in [0.29, 0.717) is 25.6 Å². The van der Waals surface area contributed by atoms with Gasteiger partial charge in [-0.25, -0.2) is 13.6 Å². The van der Waals surface area contributed by atoms with Gasteiger partial charge >= 0.3 is 6.03 Å². The highest BCUT2D eigenvalue weighted by Crippen LogP contribution is 2.23. The Bertz CT molecular complexity index is 675. The zero-order valence-corrected chi connectivity index (χ0v) is 13.3. The number of hydrogen-bond donors (Lipinski definition) is 3. The second kappa shape index (κ2) is 7.87. The minimum atomic E-state index is -1.65. The van der Waals surface area contributed by atoms with Crippen molar-refractivity contribution >= 4 is 6.03 Å². The van der Waals surface area contributed by atoms with Crippen LogP contribution in [0.3, 0.4) is 0 Å². The standard InChI is InChI=1S/C16H20F2N4O2/c1-16(24,13-5-4-12(17)10-14(13)18)11-20-15(23)19-6-2-8-22-9-3-7-21-22/h3-5,7,9-10,24H,2,6,8,11H2,1H3,(H2,19,20,23). The number of nitrogens with zero attached hydrogens (tertiary/aromatic N) is 2. The highest BCUT2D eigenvalue weighted by atomic mass is 19.1. The van der Waals surface area contributed by atoms with Gasteiger partial charge in [0.05, 0.1) is 6.54 Å². The predicted octanol–water partition coefficient (Wildman–Crippen LogP) is 1.76. The third-order valence-electron chi connectivity index (χ3n) is 3.51. The van der Waals surface area contributed by atoms with Gasteiger partial charge in [0.2, 0.25) is 0 Å². The van der Waals surface area contributed by atoms with E-state index in [1.54, 1.807) is 10.9 Å². The van der Waals surface area contributed by atoms with Crippen LogP contribution in [0.5, 0.6) is 0 Å². The molecule has 2 amide bonds. The van der Waals surface area contributed by atoms with Crippen molar-refractivity contribution in [1.29, 1.82) is 0 Å². The molecule has 0 fully saturated rings. The van der Waals surface area contributed by atoms with Crippen LogP contribution in [-0.2, 0) is 12.1 Å². The van der Waals surface area contributed by atoms with Gasteiger partial charge in [-0.05, 0) is 25.5 Å². The molecule has 24 heavy (non-hydrogen) atoms. The summed E-state index contributed by atoms with van der Waals surface area (Å²) in [5.74, 6) is -1.59. The number of carbonyl (C=O) groups is 1. The van der Waals surface area contributed by atoms with Gasteiger partial charge < -0.3 is 15.7 Å². The molecule has 1 unspecified atom stereocenters. The maximum atomic E-state index is 13.7. The number of aromatic nitrogens is 2. The Labute approximate surface area is 138 Å². The van der Waals surface area contributed by atoms with Gasteiger partial charge in [0.25, 0.3) is 0 Å². The highest BCUT2D eigenvalue weighted by Gasteiger charge is 2.27. The average Bonchev–Trinajstić information content (AvgIpc) is 3.02.